The Morgan fingerprint density at radius 1 is 1.29 bits per heavy atom. The van der Waals surface area contributed by atoms with Gasteiger partial charge in [-0.3, -0.25) is 0 Å². The van der Waals surface area contributed by atoms with Crippen molar-refractivity contribution >= 4 is 6.08 Å². The lowest BCUT2D eigenvalue weighted by molar-refractivity contribution is -0.117. The monoisotopic (exact) mass is 230 g/mol. The molecule has 0 saturated carbocycles. The number of hydrogen-bond acceptors (Lipinski definition) is 2. The molecule has 1 saturated heterocycles. The molecule has 0 bridgehead atoms. The zero-order valence-electron chi connectivity index (χ0n) is 10.3. The van der Waals surface area contributed by atoms with Crippen molar-refractivity contribution in [1.82, 2.24) is 0 Å². The van der Waals surface area contributed by atoms with E-state index in [1.807, 2.05) is 0 Å². The Hall–Kier alpha value is -1.12. The molecule has 0 radical (unpaired) electrons. The molecule has 0 aromatic heterocycles. The van der Waals surface area contributed by atoms with Crippen LogP contribution in [-0.2, 0) is 15.9 Å². The van der Waals surface area contributed by atoms with Crippen molar-refractivity contribution < 1.29 is 9.47 Å². The van der Waals surface area contributed by atoms with E-state index in [9.17, 15) is 0 Å². The highest BCUT2D eigenvalue weighted by atomic mass is 16.7. The van der Waals surface area contributed by atoms with E-state index < -0.39 is 0 Å². The highest BCUT2D eigenvalue weighted by molar-refractivity contribution is 5.57. The van der Waals surface area contributed by atoms with Crippen molar-refractivity contribution in [3.05, 3.63) is 41.5 Å². The first-order valence-electron chi connectivity index (χ1n) is 6.22. The van der Waals surface area contributed by atoms with Gasteiger partial charge in [0.1, 0.15) is 0 Å². The van der Waals surface area contributed by atoms with Gasteiger partial charge in [-0.25, -0.2) is 0 Å². The third-order valence-electron chi connectivity index (χ3n) is 3.65. The van der Waals surface area contributed by atoms with Gasteiger partial charge in [0, 0.05) is 5.41 Å². The maximum atomic E-state index is 5.85. The first kappa shape index (κ1) is 11.0. The molecule has 1 aromatic rings. The summed E-state index contributed by atoms with van der Waals surface area (Å²) in [4.78, 5) is 0. The molecule has 1 aliphatic heterocycles. The van der Waals surface area contributed by atoms with Crippen LogP contribution in [0, 0.1) is 5.41 Å². The number of benzene rings is 1. The molecule has 90 valence electrons. The molecule has 3 atom stereocenters. The van der Waals surface area contributed by atoms with Crippen LogP contribution >= 0.6 is 0 Å². The Morgan fingerprint density at radius 2 is 2.12 bits per heavy atom. The second-order valence-corrected chi connectivity index (χ2v) is 5.33. The van der Waals surface area contributed by atoms with Crippen LogP contribution < -0.4 is 0 Å². The largest absolute Gasteiger partial charge is 0.349 e. The predicted octanol–water partition coefficient (Wildman–Crippen LogP) is 3.02. The number of hydrogen-bond donors (Lipinski definition) is 0. The van der Waals surface area contributed by atoms with E-state index in [0.29, 0.717) is 6.61 Å². The van der Waals surface area contributed by atoms with Gasteiger partial charge in [-0.2, -0.15) is 0 Å². The average Bonchev–Trinajstić information content (AvgIpc) is 2.76. The van der Waals surface area contributed by atoms with E-state index in [1.54, 1.807) is 0 Å². The van der Waals surface area contributed by atoms with Gasteiger partial charge < -0.3 is 9.47 Å². The quantitative estimate of drug-likeness (QED) is 0.738. The highest BCUT2D eigenvalue weighted by Gasteiger charge is 2.40. The van der Waals surface area contributed by atoms with Crippen LogP contribution in [0.2, 0.25) is 0 Å². The summed E-state index contributed by atoms with van der Waals surface area (Å²) in [5, 5.41) is 0. The zero-order valence-corrected chi connectivity index (χ0v) is 10.3. The molecule has 17 heavy (non-hydrogen) atoms. The van der Waals surface area contributed by atoms with Gasteiger partial charge in [0.25, 0.3) is 0 Å². The smallest absolute Gasteiger partial charge is 0.167 e. The normalized spacial score (nSPS) is 35.9. The second kappa shape index (κ2) is 3.97. The SMILES string of the molecule is CC1COC(C2(C)C=Cc3ccccc3C2)O1. The van der Waals surface area contributed by atoms with Crippen molar-refractivity contribution in [2.24, 2.45) is 5.41 Å². The minimum atomic E-state index is -0.109. The van der Waals surface area contributed by atoms with Crippen molar-refractivity contribution in [3.8, 4) is 0 Å². The van der Waals surface area contributed by atoms with E-state index in [-0.39, 0.29) is 17.8 Å². The summed E-state index contributed by atoms with van der Waals surface area (Å²) >= 11 is 0. The first-order chi connectivity index (χ1) is 8.17. The minimum absolute atomic E-state index is 0.0425. The lowest BCUT2D eigenvalue weighted by Gasteiger charge is -2.34. The fourth-order valence-corrected chi connectivity index (χ4v) is 2.63. The maximum Gasteiger partial charge on any atom is 0.167 e. The van der Waals surface area contributed by atoms with Crippen LogP contribution in [0.1, 0.15) is 25.0 Å². The van der Waals surface area contributed by atoms with Crippen LogP contribution in [0.4, 0.5) is 0 Å². The molecule has 0 amide bonds. The van der Waals surface area contributed by atoms with Gasteiger partial charge in [0.15, 0.2) is 6.29 Å². The van der Waals surface area contributed by atoms with Gasteiger partial charge in [0.2, 0.25) is 0 Å². The van der Waals surface area contributed by atoms with Crippen molar-refractivity contribution in [2.75, 3.05) is 6.61 Å². The van der Waals surface area contributed by atoms with Crippen molar-refractivity contribution in [2.45, 2.75) is 32.7 Å². The maximum absolute atomic E-state index is 5.85. The molecule has 1 aliphatic carbocycles. The Labute approximate surface area is 102 Å². The Balaban J connectivity index is 1.88. The predicted molar refractivity (Wildman–Crippen MR) is 67.6 cm³/mol. The van der Waals surface area contributed by atoms with Crippen LogP contribution in [0.5, 0.6) is 0 Å². The first-order valence-corrected chi connectivity index (χ1v) is 6.22. The third-order valence-corrected chi connectivity index (χ3v) is 3.65. The highest BCUT2D eigenvalue weighted by Crippen LogP contribution is 2.39. The molecule has 3 unspecified atom stereocenters. The summed E-state index contributed by atoms with van der Waals surface area (Å²) in [6.07, 6.45) is 5.51. The Kier molecular flexibility index (Phi) is 2.57. The Morgan fingerprint density at radius 3 is 2.88 bits per heavy atom. The van der Waals surface area contributed by atoms with E-state index >= 15 is 0 Å². The molecule has 1 heterocycles. The van der Waals surface area contributed by atoms with E-state index in [2.05, 4.69) is 50.3 Å². The molecule has 1 fully saturated rings. The van der Waals surface area contributed by atoms with Gasteiger partial charge >= 0.3 is 0 Å². The fraction of sp³-hybridized carbons (Fsp3) is 0.467. The molecule has 2 heteroatoms. The van der Waals surface area contributed by atoms with E-state index in [0.717, 1.165) is 6.42 Å². The number of rotatable bonds is 1. The van der Waals surface area contributed by atoms with E-state index in [4.69, 9.17) is 9.47 Å². The molecular formula is C15H18O2. The van der Waals surface area contributed by atoms with Crippen LogP contribution in [-0.4, -0.2) is 19.0 Å². The molecule has 2 aliphatic rings. The van der Waals surface area contributed by atoms with Crippen molar-refractivity contribution in [1.29, 1.82) is 0 Å². The summed E-state index contributed by atoms with van der Waals surface area (Å²) in [5.41, 5.74) is 2.65. The average molecular weight is 230 g/mol. The van der Waals surface area contributed by atoms with Crippen molar-refractivity contribution in [3.63, 3.8) is 0 Å². The topological polar surface area (TPSA) is 18.5 Å². The van der Waals surface area contributed by atoms with Gasteiger partial charge in [-0.1, -0.05) is 43.3 Å². The Bertz CT molecular complexity index is 452. The molecule has 1 aromatic carbocycles. The summed E-state index contributed by atoms with van der Waals surface area (Å²) in [7, 11) is 0. The number of ether oxygens (including phenoxy) is 2. The molecular weight excluding hydrogens is 212 g/mol. The van der Waals surface area contributed by atoms with Crippen LogP contribution in [0.15, 0.2) is 30.3 Å². The third kappa shape index (κ3) is 1.92. The molecule has 2 nitrogen and oxygen atoms in total. The molecule has 0 spiro atoms. The summed E-state index contributed by atoms with van der Waals surface area (Å²) in [6, 6.07) is 8.52. The van der Waals surface area contributed by atoms with Gasteiger partial charge in [-0.15, -0.1) is 0 Å². The van der Waals surface area contributed by atoms with Gasteiger partial charge in [0.05, 0.1) is 12.7 Å². The van der Waals surface area contributed by atoms with Crippen LogP contribution in [0.3, 0.4) is 0 Å². The summed E-state index contributed by atoms with van der Waals surface area (Å²) in [5.74, 6) is 0. The van der Waals surface area contributed by atoms with Crippen LogP contribution in [0.25, 0.3) is 6.08 Å². The minimum Gasteiger partial charge on any atom is -0.349 e. The summed E-state index contributed by atoms with van der Waals surface area (Å²) in [6.45, 7) is 4.97. The number of fused-ring (bicyclic) bond motifs is 1. The molecule has 0 N–H and O–H groups in total. The lowest BCUT2D eigenvalue weighted by Crippen LogP contribution is -2.35. The molecule has 3 rings (SSSR count). The lowest BCUT2D eigenvalue weighted by atomic mass is 9.77. The second-order valence-electron chi connectivity index (χ2n) is 5.33. The fourth-order valence-electron chi connectivity index (χ4n) is 2.63. The summed E-state index contributed by atoms with van der Waals surface area (Å²) < 4.78 is 11.6. The van der Waals surface area contributed by atoms with E-state index in [1.165, 1.54) is 11.1 Å². The van der Waals surface area contributed by atoms with Gasteiger partial charge in [-0.05, 0) is 24.5 Å². The standard InChI is InChI=1S/C15H18O2/c1-11-10-16-14(17-11)15(2)8-7-12-5-3-4-6-13(12)9-15/h3-8,11,14H,9-10H2,1-2H3. The zero-order chi connectivity index (χ0) is 11.9.